The molecule has 1 fully saturated rings. The second kappa shape index (κ2) is 10.9. The van der Waals surface area contributed by atoms with Gasteiger partial charge in [0.25, 0.3) is 5.60 Å². The van der Waals surface area contributed by atoms with E-state index in [1.807, 2.05) is 0 Å². The Balaban J connectivity index is 1.85. The Morgan fingerprint density at radius 2 is 1.41 bits per heavy atom. The van der Waals surface area contributed by atoms with Crippen molar-refractivity contribution >= 4 is 15.6 Å². The molecule has 12 heteroatoms. The smallest absolute Gasteiger partial charge is 0.349 e. The largest absolute Gasteiger partial charge is 0.430 e. The van der Waals surface area contributed by atoms with Crippen molar-refractivity contribution in [1.29, 1.82) is 0 Å². The maximum Gasteiger partial charge on any atom is 0.430 e. The van der Waals surface area contributed by atoms with Gasteiger partial charge in [-0.3, -0.25) is 4.79 Å². The highest BCUT2D eigenvalue weighted by molar-refractivity contribution is 7.92. The van der Waals surface area contributed by atoms with Crippen LogP contribution in [0.15, 0.2) is 83.8 Å². The molecule has 0 unspecified atom stereocenters. The van der Waals surface area contributed by atoms with Gasteiger partial charge in [-0.15, -0.1) is 0 Å². The van der Waals surface area contributed by atoms with Crippen molar-refractivity contribution in [2.45, 2.75) is 60.4 Å². The van der Waals surface area contributed by atoms with E-state index in [1.54, 1.807) is 6.07 Å². The van der Waals surface area contributed by atoms with Gasteiger partial charge < -0.3 is 4.74 Å². The number of hydrogen-bond acceptors (Lipinski definition) is 4. The van der Waals surface area contributed by atoms with Crippen molar-refractivity contribution in [3.63, 3.8) is 0 Å². The van der Waals surface area contributed by atoms with Gasteiger partial charge in [-0.1, -0.05) is 61.5 Å². The molecule has 1 saturated carbocycles. The van der Waals surface area contributed by atoms with Crippen LogP contribution in [0, 0.1) is 11.7 Å². The summed E-state index contributed by atoms with van der Waals surface area (Å²) < 4.78 is 130. The number of benzene rings is 3. The summed E-state index contributed by atoms with van der Waals surface area (Å²) in [6.45, 7) is 0.491. The van der Waals surface area contributed by atoms with E-state index < -0.39 is 56.4 Å². The molecule has 4 nitrogen and oxygen atoms in total. The topological polar surface area (TPSA) is 60.4 Å². The third kappa shape index (κ3) is 5.39. The second-order valence-electron chi connectivity index (χ2n) is 10.1. The highest BCUT2D eigenvalue weighted by Crippen LogP contribution is 2.54. The number of rotatable bonds is 7. The Hall–Kier alpha value is -3.25. The zero-order valence-corrected chi connectivity index (χ0v) is 22.4. The number of halogens is 7. The molecule has 0 bridgehead atoms. The van der Waals surface area contributed by atoms with E-state index in [4.69, 9.17) is 0 Å². The fraction of sp³-hybridized carbons (Fsp3) is 0.345. The number of sulfone groups is 1. The normalized spacial score (nSPS) is 20.7. The Labute approximate surface area is 232 Å². The first kappa shape index (κ1) is 30.7. The Bertz CT molecular complexity index is 1470. The molecule has 2 atom stereocenters. The summed E-state index contributed by atoms with van der Waals surface area (Å²) in [5.74, 6) is -1.70. The number of hydrogen-bond donors (Lipinski definition) is 0. The minimum absolute atomic E-state index is 0.0761. The van der Waals surface area contributed by atoms with E-state index in [0.29, 0.717) is 12.1 Å². The van der Waals surface area contributed by atoms with Crippen molar-refractivity contribution in [3.05, 3.63) is 101 Å². The van der Waals surface area contributed by atoms with Gasteiger partial charge in [0, 0.05) is 17.9 Å². The molecular weight excluding hydrogens is 577 g/mol. The lowest BCUT2D eigenvalue weighted by atomic mass is 9.76. The first-order chi connectivity index (χ1) is 19.0. The number of ether oxygens (including phenoxy) is 1. The van der Waals surface area contributed by atoms with Crippen LogP contribution in [0.1, 0.15) is 42.9 Å². The van der Waals surface area contributed by atoms with Gasteiger partial charge in [-0.25, -0.2) is 12.8 Å². The molecule has 0 aromatic heterocycles. The van der Waals surface area contributed by atoms with Gasteiger partial charge in [0.05, 0.1) is 11.5 Å². The Morgan fingerprint density at radius 1 is 0.854 bits per heavy atom. The summed E-state index contributed by atoms with van der Waals surface area (Å²) >= 11 is 0. The minimum atomic E-state index is -5.94. The third-order valence-electron chi connectivity index (χ3n) is 7.51. The summed E-state index contributed by atoms with van der Waals surface area (Å²) in [4.78, 5) is 12.0. The Kier molecular flexibility index (Phi) is 8.14. The van der Waals surface area contributed by atoms with Crippen molar-refractivity contribution in [1.82, 2.24) is 0 Å². The molecule has 0 spiro atoms. The number of ketones is 1. The maximum absolute atomic E-state index is 14.3. The zero-order chi connectivity index (χ0) is 30.3. The number of carbonyl (C=O) groups is 1. The molecule has 0 aliphatic heterocycles. The molecule has 41 heavy (non-hydrogen) atoms. The quantitative estimate of drug-likeness (QED) is 0.209. The van der Waals surface area contributed by atoms with Crippen LogP contribution in [0.4, 0.5) is 30.7 Å². The molecule has 0 amide bonds. The van der Waals surface area contributed by atoms with Crippen molar-refractivity contribution in [2.75, 3.05) is 0 Å². The summed E-state index contributed by atoms with van der Waals surface area (Å²) in [5.41, 5.74) is -6.02. The maximum atomic E-state index is 14.3. The van der Waals surface area contributed by atoms with Gasteiger partial charge in [-0.2, -0.15) is 26.3 Å². The first-order valence-corrected chi connectivity index (χ1v) is 14.0. The molecular formula is C29H25F7O4S. The molecule has 220 valence electrons. The molecule has 0 N–H and O–H groups in total. The lowest BCUT2D eigenvalue weighted by Gasteiger charge is -2.40. The highest BCUT2D eigenvalue weighted by Gasteiger charge is 2.73. The fourth-order valence-corrected chi connectivity index (χ4v) is 7.52. The van der Waals surface area contributed by atoms with Gasteiger partial charge >= 0.3 is 12.4 Å². The molecule has 4 rings (SSSR count). The van der Waals surface area contributed by atoms with Crippen LogP contribution in [0.3, 0.4) is 0 Å². The SMILES string of the molecule is C[C@@H]1C[C@](c2ccc(C(OCc3ccccc3)(C(F)(F)F)C(F)(F)F)cc2)(S(=O)(=O)c2ccc(F)cc2)CCC1=O. The predicted molar refractivity (Wildman–Crippen MR) is 135 cm³/mol. The van der Waals surface area contributed by atoms with Crippen LogP contribution in [0.2, 0.25) is 0 Å². The van der Waals surface area contributed by atoms with E-state index in [1.165, 1.54) is 31.2 Å². The van der Waals surface area contributed by atoms with Crippen LogP contribution in [-0.2, 0) is 36.3 Å². The highest BCUT2D eigenvalue weighted by atomic mass is 32.2. The van der Waals surface area contributed by atoms with Gasteiger partial charge in [-0.05, 0) is 48.2 Å². The van der Waals surface area contributed by atoms with Crippen molar-refractivity contribution in [2.24, 2.45) is 5.92 Å². The number of Topliss-reactive ketones (excluding diaryl/α,β-unsaturated/α-hetero) is 1. The Morgan fingerprint density at radius 3 is 1.93 bits per heavy atom. The fourth-order valence-electron chi connectivity index (χ4n) is 5.29. The predicted octanol–water partition coefficient (Wildman–Crippen LogP) is 7.42. The van der Waals surface area contributed by atoms with E-state index in [-0.39, 0.29) is 41.1 Å². The summed E-state index contributed by atoms with van der Waals surface area (Å²) in [7, 11) is -4.40. The summed E-state index contributed by atoms with van der Waals surface area (Å²) in [6.07, 6.45) is -12.6. The molecule has 0 saturated heterocycles. The zero-order valence-electron chi connectivity index (χ0n) is 21.6. The van der Waals surface area contributed by atoms with E-state index >= 15 is 0 Å². The molecule has 0 heterocycles. The number of carbonyl (C=O) groups excluding carboxylic acids is 1. The van der Waals surface area contributed by atoms with E-state index in [2.05, 4.69) is 4.74 Å². The molecule has 3 aromatic carbocycles. The standard InChI is InChI=1S/C29H25F7O4S/c1-19-17-26(16-15-25(19)37,41(38,39)24-13-11-23(30)12-14-24)21-7-9-22(10-8-21)27(28(31,32)33,29(34,35)36)40-18-20-5-3-2-4-6-20/h2-14,19H,15-18H2,1H3/t19-,26-/m1/s1. The first-order valence-electron chi connectivity index (χ1n) is 12.5. The van der Waals surface area contributed by atoms with Crippen molar-refractivity contribution < 1.29 is 48.7 Å². The number of alkyl halides is 6. The minimum Gasteiger partial charge on any atom is -0.349 e. The third-order valence-corrected chi connectivity index (χ3v) is 10.0. The lowest BCUT2D eigenvalue weighted by molar-refractivity contribution is -0.392. The lowest BCUT2D eigenvalue weighted by Crippen LogP contribution is -2.55. The second-order valence-corrected chi connectivity index (χ2v) is 12.3. The monoisotopic (exact) mass is 602 g/mol. The van der Waals surface area contributed by atoms with Crippen LogP contribution in [-0.4, -0.2) is 26.6 Å². The van der Waals surface area contributed by atoms with E-state index in [9.17, 15) is 43.9 Å². The van der Waals surface area contributed by atoms with Crippen molar-refractivity contribution in [3.8, 4) is 0 Å². The molecule has 3 aromatic rings. The van der Waals surface area contributed by atoms with E-state index in [0.717, 1.165) is 36.4 Å². The van der Waals surface area contributed by atoms with Crippen LogP contribution in [0.5, 0.6) is 0 Å². The van der Waals surface area contributed by atoms with Gasteiger partial charge in [0.15, 0.2) is 9.84 Å². The van der Waals surface area contributed by atoms with Crippen LogP contribution in [0.25, 0.3) is 0 Å². The average molecular weight is 603 g/mol. The molecule has 1 aliphatic rings. The van der Waals surface area contributed by atoms with Gasteiger partial charge in [0.1, 0.15) is 16.3 Å². The van der Waals surface area contributed by atoms with Gasteiger partial charge in [0.2, 0.25) is 0 Å². The summed E-state index contributed by atoms with van der Waals surface area (Å²) in [6, 6.07) is 13.9. The average Bonchev–Trinajstić information content (AvgIpc) is 2.90. The molecule has 1 aliphatic carbocycles. The summed E-state index contributed by atoms with van der Waals surface area (Å²) in [5, 5.41) is 0. The van der Waals surface area contributed by atoms with Crippen LogP contribution < -0.4 is 0 Å². The van der Waals surface area contributed by atoms with Crippen LogP contribution >= 0.6 is 0 Å². The molecule has 0 radical (unpaired) electrons.